The van der Waals surface area contributed by atoms with Gasteiger partial charge in [0, 0.05) is 11.1 Å². The fourth-order valence-electron chi connectivity index (χ4n) is 2.37. The quantitative estimate of drug-likeness (QED) is 0.288. The highest BCUT2D eigenvalue weighted by molar-refractivity contribution is 8.00. The van der Waals surface area contributed by atoms with Crippen LogP contribution in [0.3, 0.4) is 0 Å². The Kier molecular flexibility index (Phi) is 5.13. The molecule has 1 amide bonds. The summed E-state index contributed by atoms with van der Waals surface area (Å²) >= 11 is 0.235. The van der Waals surface area contributed by atoms with Gasteiger partial charge in [-0.25, -0.2) is 22.0 Å². The van der Waals surface area contributed by atoms with Gasteiger partial charge in [0.15, 0.2) is 23.3 Å². The second kappa shape index (κ2) is 7.33. The normalized spacial score (nSPS) is 11.0. The van der Waals surface area contributed by atoms with Crippen LogP contribution in [-0.4, -0.2) is 11.7 Å². The summed E-state index contributed by atoms with van der Waals surface area (Å²) in [6, 6.07) is 12.4. The Morgan fingerprint density at radius 3 is 2.08 bits per heavy atom. The van der Waals surface area contributed by atoms with Gasteiger partial charge in [-0.15, -0.1) is 11.8 Å². The lowest BCUT2D eigenvalue weighted by Crippen LogP contribution is -2.15. The van der Waals surface area contributed by atoms with Crippen LogP contribution in [0.4, 0.5) is 27.6 Å². The van der Waals surface area contributed by atoms with Crippen LogP contribution in [0.1, 0.15) is 0 Å². The number of nitrogens with one attached hydrogen (secondary N) is 1. The Balaban J connectivity index is 1.78. The number of rotatable bonds is 4. The van der Waals surface area contributed by atoms with Crippen LogP contribution in [0.2, 0.25) is 0 Å². The highest BCUT2D eigenvalue weighted by atomic mass is 32.2. The monoisotopic (exact) mass is 383 g/mol. The van der Waals surface area contributed by atoms with Gasteiger partial charge in [0.05, 0.1) is 10.6 Å². The number of anilines is 1. The molecule has 2 nitrogen and oxygen atoms in total. The van der Waals surface area contributed by atoms with Crippen LogP contribution in [0.15, 0.2) is 47.4 Å². The topological polar surface area (TPSA) is 29.1 Å². The van der Waals surface area contributed by atoms with Gasteiger partial charge < -0.3 is 5.32 Å². The molecule has 8 heteroatoms. The van der Waals surface area contributed by atoms with Crippen molar-refractivity contribution in [3.05, 3.63) is 71.6 Å². The van der Waals surface area contributed by atoms with Crippen molar-refractivity contribution < 1.29 is 26.7 Å². The van der Waals surface area contributed by atoms with Crippen LogP contribution in [-0.2, 0) is 4.79 Å². The second-order valence-corrected chi connectivity index (χ2v) is 6.25. The molecule has 26 heavy (non-hydrogen) atoms. The van der Waals surface area contributed by atoms with Gasteiger partial charge in [-0.05, 0) is 11.5 Å². The molecule has 0 heterocycles. The summed E-state index contributed by atoms with van der Waals surface area (Å²) < 4.78 is 66.6. The van der Waals surface area contributed by atoms with Crippen molar-refractivity contribution in [2.45, 2.75) is 4.90 Å². The van der Waals surface area contributed by atoms with Crippen LogP contribution in [0.25, 0.3) is 10.8 Å². The molecule has 3 aromatic rings. The second-order valence-electron chi connectivity index (χ2n) is 5.26. The number of benzene rings is 3. The number of halogens is 5. The fraction of sp³-hybridized carbons (Fsp3) is 0.0556. The molecular weight excluding hydrogens is 373 g/mol. The highest BCUT2D eigenvalue weighted by Gasteiger charge is 2.26. The number of amides is 1. The molecule has 0 spiro atoms. The first-order chi connectivity index (χ1) is 12.4. The number of hydrogen-bond acceptors (Lipinski definition) is 2. The first kappa shape index (κ1) is 18.2. The zero-order valence-corrected chi connectivity index (χ0v) is 13.8. The molecule has 0 atom stereocenters. The Bertz CT molecular complexity index is 974. The smallest absolute Gasteiger partial charge is 0.234 e. The van der Waals surface area contributed by atoms with Gasteiger partial charge in [0.25, 0.3) is 0 Å². The minimum Gasteiger partial charge on any atom is -0.325 e. The predicted octanol–water partition coefficient (Wildman–Crippen LogP) is 5.27. The Labute approximate surface area is 149 Å². The van der Waals surface area contributed by atoms with Crippen molar-refractivity contribution in [2.24, 2.45) is 0 Å². The molecule has 0 fully saturated rings. The molecule has 3 aromatic carbocycles. The summed E-state index contributed by atoms with van der Waals surface area (Å²) in [5.41, 5.74) is 0.478. The molecule has 0 aliphatic heterocycles. The molecule has 0 aromatic heterocycles. The van der Waals surface area contributed by atoms with Crippen molar-refractivity contribution in [1.82, 2.24) is 0 Å². The lowest BCUT2D eigenvalue weighted by molar-refractivity contribution is -0.113. The third-order valence-corrected chi connectivity index (χ3v) is 4.63. The van der Waals surface area contributed by atoms with Crippen LogP contribution >= 0.6 is 11.8 Å². The maximum Gasteiger partial charge on any atom is 0.234 e. The zero-order valence-electron chi connectivity index (χ0n) is 13.0. The van der Waals surface area contributed by atoms with Gasteiger partial charge in [-0.1, -0.05) is 36.4 Å². The molecule has 134 valence electrons. The van der Waals surface area contributed by atoms with Gasteiger partial charge in [0.2, 0.25) is 11.7 Å². The van der Waals surface area contributed by atoms with E-state index in [4.69, 9.17) is 0 Å². The highest BCUT2D eigenvalue weighted by Crippen LogP contribution is 2.31. The molecule has 1 N–H and O–H groups in total. The lowest BCUT2D eigenvalue weighted by Gasteiger charge is -2.10. The van der Waals surface area contributed by atoms with Gasteiger partial charge >= 0.3 is 0 Å². The van der Waals surface area contributed by atoms with E-state index in [1.54, 1.807) is 24.3 Å². The van der Waals surface area contributed by atoms with E-state index in [2.05, 4.69) is 5.32 Å². The van der Waals surface area contributed by atoms with E-state index in [0.29, 0.717) is 5.69 Å². The molecule has 0 radical (unpaired) electrons. The maximum absolute atomic E-state index is 13.6. The van der Waals surface area contributed by atoms with Crippen molar-refractivity contribution in [3.8, 4) is 0 Å². The number of thioether (sulfide) groups is 1. The third-order valence-electron chi connectivity index (χ3n) is 3.58. The number of carbonyl (C=O) groups is 1. The summed E-state index contributed by atoms with van der Waals surface area (Å²) in [5.74, 6) is -11.4. The van der Waals surface area contributed by atoms with E-state index in [1.807, 2.05) is 18.2 Å². The summed E-state index contributed by atoms with van der Waals surface area (Å²) in [4.78, 5) is 11.0. The molecule has 0 unspecified atom stereocenters. The Morgan fingerprint density at radius 1 is 0.808 bits per heavy atom. The first-order valence-corrected chi connectivity index (χ1v) is 8.30. The van der Waals surface area contributed by atoms with Gasteiger partial charge in [0.1, 0.15) is 0 Å². The van der Waals surface area contributed by atoms with Crippen LogP contribution in [0, 0.1) is 29.1 Å². The van der Waals surface area contributed by atoms with Crippen molar-refractivity contribution in [2.75, 3.05) is 11.1 Å². The molecule has 0 aliphatic rings. The molecule has 0 saturated carbocycles. The van der Waals surface area contributed by atoms with Gasteiger partial charge in [-0.3, -0.25) is 4.79 Å². The number of carbonyl (C=O) groups excluding carboxylic acids is 1. The fourth-order valence-corrected chi connectivity index (χ4v) is 3.15. The zero-order chi connectivity index (χ0) is 18.8. The van der Waals surface area contributed by atoms with E-state index in [-0.39, 0.29) is 11.8 Å². The molecule has 3 rings (SSSR count). The van der Waals surface area contributed by atoms with Crippen molar-refractivity contribution in [3.63, 3.8) is 0 Å². The van der Waals surface area contributed by atoms with Crippen LogP contribution < -0.4 is 5.32 Å². The Morgan fingerprint density at radius 2 is 1.38 bits per heavy atom. The Hall–Kier alpha value is -2.61. The third kappa shape index (κ3) is 3.37. The van der Waals surface area contributed by atoms with E-state index in [0.717, 1.165) is 10.8 Å². The minimum absolute atomic E-state index is 0.235. The number of fused-ring (bicyclic) bond motifs is 1. The van der Waals surface area contributed by atoms with E-state index < -0.39 is 45.6 Å². The predicted molar refractivity (Wildman–Crippen MR) is 89.5 cm³/mol. The van der Waals surface area contributed by atoms with Crippen LogP contribution in [0.5, 0.6) is 0 Å². The summed E-state index contributed by atoms with van der Waals surface area (Å²) in [6.07, 6.45) is 0. The van der Waals surface area contributed by atoms with Crippen molar-refractivity contribution >= 4 is 34.1 Å². The molecular formula is C18H10F5NOS. The average Bonchev–Trinajstić information content (AvgIpc) is 2.65. The first-order valence-electron chi connectivity index (χ1n) is 7.32. The summed E-state index contributed by atoms with van der Waals surface area (Å²) in [5, 5.41) is 4.20. The largest absolute Gasteiger partial charge is 0.325 e. The lowest BCUT2D eigenvalue weighted by atomic mass is 10.1. The van der Waals surface area contributed by atoms with E-state index >= 15 is 0 Å². The van der Waals surface area contributed by atoms with E-state index in [1.165, 1.54) is 0 Å². The maximum atomic E-state index is 13.6. The molecule has 0 aliphatic carbocycles. The minimum atomic E-state index is -2.23. The van der Waals surface area contributed by atoms with Gasteiger partial charge in [-0.2, -0.15) is 0 Å². The average molecular weight is 383 g/mol. The standard InChI is InChI=1S/C18H10F5NOS/c19-13-14(20)16(22)18(17(23)15(13)21)26-8-12(25)24-11-7-3-5-9-4-1-2-6-10(9)11/h1-7H,8H2,(H,24,25). The molecule has 0 saturated heterocycles. The SMILES string of the molecule is O=C(CSc1c(F)c(F)c(F)c(F)c1F)Nc1cccc2ccccc12. The van der Waals surface area contributed by atoms with E-state index in [9.17, 15) is 26.7 Å². The van der Waals surface area contributed by atoms with Crippen molar-refractivity contribution in [1.29, 1.82) is 0 Å². The number of hydrogen-bond donors (Lipinski definition) is 1. The summed E-state index contributed by atoms with van der Waals surface area (Å²) in [7, 11) is 0. The summed E-state index contributed by atoms with van der Waals surface area (Å²) in [6.45, 7) is 0. The molecule has 0 bridgehead atoms.